The number of anilines is 1. The van der Waals surface area contributed by atoms with Gasteiger partial charge in [-0.25, -0.2) is 9.78 Å². The van der Waals surface area contributed by atoms with Gasteiger partial charge in [-0.05, 0) is 18.2 Å². The minimum absolute atomic E-state index is 0.194. The van der Waals surface area contributed by atoms with Crippen molar-refractivity contribution in [1.82, 2.24) is 9.88 Å². The summed E-state index contributed by atoms with van der Waals surface area (Å²) in [6.07, 6.45) is -2.08. The molecule has 9 heteroatoms. The number of furan rings is 1. The maximum atomic E-state index is 12.6. The predicted octanol–water partition coefficient (Wildman–Crippen LogP) is 2.80. The van der Waals surface area contributed by atoms with Gasteiger partial charge < -0.3 is 14.1 Å². The van der Waals surface area contributed by atoms with Gasteiger partial charge in [0.1, 0.15) is 5.82 Å². The maximum Gasteiger partial charge on any atom is 0.417 e. The lowest BCUT2D eigenvalue weighted by Crippen LogP contribution is -2.46. The number of esters is 1. The van der Waals surface area contributed by atoms with Crippen LogP contribution in [0.3, 0.4) is 0 Å². The third-order valence-electron chi connectivity index (χ3n) is 4.28. The van der Waals surface area contributed by atoms with E-state index in [2.05, 4.69) is 14.6 Å². The molecule has 1 fully saturated rings. The highest BCUT2D eigenvalue weighted by atomic mass is 19.4. The summed E-state index contributed by atoms with van der Waals surface area (Å²) < 4.78 is 47.7. The van der Waals surface area contributed by atoms with Gasteiger partial charge in [-0.2, -0.15) is 13.2 Å². The second-order valence-electron chi connectivity index (χ2n) is 5.93. The van der Waals surface area contributed by atoms with E-state index in [1.807, 2.05) is 4.90 Å². The third-order valence-corrected chi connectivity index (χ3v) is 4.28. The summed E-state index contributed by atoms with van der Waals surface area (Å²) in [6.45, 7) is 3.17. The van der Waals surface area contributed by atoms with Crippen molar-refractivity contribution < 1.29 is 27.1 Å². The minimum Gasteiger partial charge on any atom is -0.463 e. The third kappa shape index (κ3) is 3.98. The molecule has 140 valence electrons. The SMILES string of the molecule is COC(=O)c1occc1CN1CCN(c2ccc(C(F)(F)F)cn2)CC1. The van der Waals surface area contributed by atoms with Gasteiger partial charge in [0, 0.05) is 44.5 Å². The molecule has 0 N–H and O–H groups in total. The molecular weight excluding hydrogens is 351 g/mol. The normalized spacial score (nSPS) is 15.9. The van der Waals surface area contributed by atoms with Gasteiger partial charge in [0.25, 0.3) is 0 Å². The van der Waals surface area contributed by atoms with Gasteiger partial charge in [0.05, 0.1) is 18.9 Å². The van der Waals surface area contributed by atoms with Gasteiger partial charge >= 0.3 is 12.1 Å². The number of aromatic nitrogens is 1. The molecule has 1 saturated heterocycles. The Kier molecular flexibility index (Phi) is 5.17. The number of rotatable bonds is 4. The van der Waals surface area contributed by atoms with Crippen molar-refractivity contribution in [3.05, 3.63) is 47.5 Å². The molecule has 0 spiro atoms. The van der Waals surface area contributed by atoms with E-state index >= 15 is 0 Å². The lowest BCUT2D eigenvalue weighted by Gasteiger charge is -2.35. The largest absolute Gasteiger partial charge is 0.463 e. The molecule has 0 aliphatic carbocycles. The molecule has 0 unspecified atom stereocenters. The van der Waals surface area contributed by atoms with Crippen molar-refractivity contribution in [2.75, 3.05) is 38.2 Å². The topological polar surface area (TPSA) is 58.8 Å². The average molecular weight is 369 g/mol. The molecule has 0 saturated carbocycles. The molecule has 0 amide bonds. The fourth-order valence-corrected chi connectivity index (χ4v) is 2.85. The van der Waals surface area contributed by atoms with E-state index in [0.717, 1.165) is 17.8 Å². The number of halogens is 3. The Bertz CT molecular complexity index is 751. The first kappa shape index (κ1) is 18.2. The first-order valence-corrected chi connectivity index (χ1v) is 8.03. The molecule has 3 heterocycles. The van der Waals surface area contributed by atoms with E-state index in [1.165, 1.54) is 19.4 Å². The van der Waals surface area contributed by atoms with Crippen LogP contribution in [0.5, 0.6) is 0 Å². The fourth-order valence-electron chi connectivity index (χ4n) is 2.85. The van der Waals surface area contributed by atoms with Crippen LogP contribution in [0.1, 0.15) is 21.7 Å². The van der Waals surface area contributed by atoms with E-state index < -0.39 is 17.7 Å². The molecule has 2 aromatic rings. The van der Waals surface area contributed by atoms with Crippen LogP contribution in [0.2, 0.25) is 0 Å². The monoisotopic (exact) mass is 369 g/mol. The highest BCUT2D eigenvalue weighted by Crippen LogP contribution is 2.29. The van der Waals surface area contributed by atoms with Crippen molar-refractivity contribution in [1.29, 1.82) is 0 Å². The second kappa shape index (κ2) is 7.36. The molecule has 0 aromatic carbocycles. The van der Waals surface area contributed by atoms with Crippen LogP contribution in [0, 0.1) is 0 Å². The van der Waals surface area contributed by atoms with Crippen molar-refractivity contribution in [3.63, 3.8) is 0 Å². The Morgan fingerprint density at radius 2 is 1.96 bits per heavy atom. The molecule has 2 aromatic heterocycles. The molecule has 26 heavy (non-hydrogen) atoms. The zero-order valence-electron chi connectivity index (χ0n) is 14.1. The lowest BCUT2D eigenvalue weighted by atomic mass is 10.2. The number of alkyl halides is 3. The Morgan fingerprint density at radius 3 is 2.54 bits per heavy atom. The summed E-state index contributed by atoms with van der Waals surface area (Å²) in [6, 6.07) is 4.17. The Labute approximate surface area is 148 Å². The Hall–Kier alpha value is -2.55. The van der Waals surface area contributed by atoms with Crippen LogP contribution >= 0.6 is 0 Å². The lowest BCUT2D eigenvalue weighted by molar-refractivity contribution is -0.137. The van der Waals surface area contributed by atoms with E-state index in [9.17, 15) is 18.0 Å². The van der Waals surface area contributed by atoms with E-state index in [0.29, 0.717) is 38.5 Å². The average Bonchev–Trinajstić information content (AvgIpc) is 3.09. The number of nitrogens with zero attached hydrogens (tertiary/aromatic N) is 3. The van der Waals surface area contributed by atoms with Crippen LogP contribution in [0.25, 0.3) is 0 Å². The van der Waals surface area contributed by atoms with Gasteiger partial charge in [-0.15, -0.1) is 0 Å². The highest BCUT2D eigenvalue weighted by molar-refractivity contribution is 5.87. The van der Waals surface area contributed by atoms with Crippen LogP contribution in [0.4, 0.5) is 19.0 Å². The summed E-state index contributed by atoms with van der Waals surface area (Å²) in [5.74, 6) is 0.202. The van der Waals surface area contributed by atoms with Gasteiger partial charge in [0.2, 0.25) is 5.76 Å². The quantitative estimate of drug-likeness (QED) is 0.773. The van der Waals surface area contributed by atoms with E-state index in [4.69, 9.17) is 4.42 Å². The zero-order chi connectivity index (χ0) is 18.7. The molecule has 0 atom stereocenters. The molecule has 1 aliphatic heterocycles. The van der Waals surface area contributed by atoms with Gasteiger partial charge in [-0.3, -0.25) is 4.90 Å². The molecular formula is C17H18F3N3O3. The van der Waals surface area contributed by atoms with Crippen LogP contribution in [-0.2, 0) is 17.5 Å². The van der Waals surface area contributed by atoms with Crippen molar-refractivity contribution in [3.8, 4) is 0 Å². The van der Waals surface area contributed by atoms with Gasteiger partial charge in [0.15, 0.2) is 0 Å². The molecule has 0 bridgehead atoms. The molecule has 6 nitrogen and oxygen atoms in total. The molecule has 0 radical (unpaired) electrons. The number of methoxy groups -OCH3 is 1. The molecule has 1 aliphatic rings. The summed E-state index contributed by atoms with van der Waals surface area (Å²) in [7, 11) is 1.30. The number of carbonyl (C=O) groups is 1. The minimum atomic E-state index is -4.38. The maximum absolute atomic E-state index is 12.6. The zero-order valence-corrected chi connectivity index (χ0v) is 14.1. The predicted molar refractivity (Wildman–Crippen MR) is 86.8 cm³/mol. The van der Waals surface area contributed by atoms with Crippen LogP contribution in [-0.4, -0.2) is 49.1 Å². The second-order valence-corrected chi connectivity index (χ2v) is 5.93. The number of hydrogen-bond donors (Lipinski definition) is 0. The van der Waals surface area contributed by atoms with E-state index in [-0.39, 0.29) is 5.76 Å². The highest BCUT2D eigenvalue weighted by Gasteiger charge is 2.31. The van der Waals surface area contributed by atoms with Crippen LogP contribution in [0.15, 0.2) is 35.1 Å². The summed E-state index contributed by atoms with van der Waals surface area (Å²) in [4.78, 5) is 19.6. The summed E-state index contributed by atoms with van der Waals surface area (Å²) in [5.41, 5.74) is -0.00635. The summed E-state index contributed by atoms with van der Waals surface area (Å²) in [5, 5.41) is 0. The van der Waals surface area contributed by atoms with E-state index in [1.54, 1.807) is 6.07 Å². The Morgan fingerprint density at radius 1 is 1.23 bits per heavy atom. The Balaban J connectivity index is 1.58. The van der Waals surface area contributed by atoms with Gasteiger partial charge in [-0.1, -0.05) is 0 Å². The smallest absolute Gasteiger partial charge is 0.417 e. The number of piperazine rings is 1. The van der Waals surface area contributed by atoms with Crippen LogP contribution < -0.4 is 4.90 Å². The van der Waals surface area contributed by atoms with Crippen molar-refractivity contribution in [2.45, 2.75) is 12.7 Å². The summed E-state index contributed by atoms with van der Waals surface area (Å²) >= 11 is 0. The van der Waals surface area contributed by atoms with Crippen molar-refractivity contribution in [2.24, 2.45) is 0 Å². The standard InChI is InChI=1S/C17H18F3N3O3/c1-25-16(24)15-12(4-9-26-15)11-22-5-7-23(8-6-22)14-3-2-13(10-21-14)17(18,19)20/h2-4,9-10H,5-8,11H2,1H3. The van der Waals surface area contributed by atoms with Crippen molar-refractivity contribution >= 4 is 11.8 Å². The first-order valence-electron chi connectivity index (χ1n) is 8.03. The number of ether oxygens (including phenoxy) is 1. The number of carbonyl (C=O) groups excluding carboxylic acids is 1. The fraction of sp³-hybridized carbons (Fsp3) is 0.412. The number of hydrogen-bond acceptors (Lipinski definition) is 6. The first-order chi connectivity index (χ1) is 12.4. The molecule has 3 rings (SSSR count). The number of pyridine rings is 1.